The summed E-state index contributed by atoms with van der Waals surface area (Å²) in [6.07, 6.45) is 7.64. The van der Waals surface area contributed by atoms with Gasteiger partial charge in [-0.25, -0.2) is 0 Å². The van der Waals surface area contributed by atoms with Crippen molar-refractivity contribution in [2.24, 2.45) is 35.5 Å². The summed E-state index contributed by atoms with van der Waals surface area (Å²) in [5, 5.41) is 0. The lowest BCUT2D eigenvalue weighted by Crippen LogP contribution is -2.34. The van der Waals surface area contributed by atoms with E-state index < -0.39 is 0 Å². The second kappa shape index (κ2) is 8.16. The highest BCUT2D eigenvalue weighted by molar-refractivity contribution is 5.73. The van der Waals surface area contributed by atoms with Gasteiger partial charge in [0, 0.05) is 0 Å². The van der Waals surface area contributed by atoms with E-state index in [1.807, 2.05) is 0 Å². The summed E-state index contributed by atoms with van der Waals surface area (Å²) in [7, 11) is 2.98. The molecule has 0 aromatic heterocycles. The molecule has 4 heteroatoms. The molecule has 132 valence electrons. The molecule has 2 aliphatic rings. The van der Waals surface area contributed by atoms with Crippen molar-refractivity contribution in [3.63, 3.8) is 0 Å². The Balaban J connectivity index is 1.91. The molecule has 0 bridgehead atoms. The summed E-state index contributed by atoms with van der Waals surface area (Å²) in [5.41, 5.74) is 0. The van der Waals surface area contributed by atoms with Crippen molar-refractivity contribution in [1.82, 2.24) is 0 Å². The summed E-state index contributed by atoms with van der Waals surface area (Å²) in [6.45, 7) is 4.32. The van der Waals surface area contributed by atoms with Gasteiger partial charge in [-0.05, 0) is 55.8 Å². The van der Waals surface area contributed by atoms with Crippen LogP contribution in [-0.4, -0.2) is 26.2 Å². The Hall–Kier alpha value is -1.06. The molecule has 0 aromatic rings. The predicted molar refractivity (Wildman–Crippen MR) is 88.6 cm³/mol. The number of rotatable bonds is 4. The van der Waals surface area contributed by atoms with Gasteiger partial charge < -0.3 is 9.47 Å². The minimum atomic E-state index is -0.0492. The van der Waals surface area contributed by atoms with Gasteiger partial charge in [-0.1, -0.05) is 26.7 Å². The summed E-state index contributed by atoms with van der Waals surface area (Å²) >= 11 is 0. The maximum Gasteiger partial charge on any atom is 0.308 e. The van der Waals surface area contributed by atoms with E-state index in [4.69, 9.17) is 9.47 Å². The predicted octanol–water partition coefficient (Wildman–Crippen LogP) is 3.83. The van der Waals surface area contributed by atoms with Gasteiger partial charge in [-0.2, -0.15) is 0 Å². The highest BCUT2D eigenvalue weighted by atomic mass is 16.5. The zero-order chi connectivity index (χ0) is 17.0. The maximum atomic E-state index is 12.0. The molecule has 4 nitrogen and oxygen atoms in total. The normalized spacial score (nSPS) is 37.9. The van der Waals surface area contributed by atoms with Crippen molar-refractivity contribution in [3.8, 4) is 0 Å². The van der Waals surface area contributed by atoms with E-state index in [9.17, 15) is 9.59 Å². The number of hydrogen-bond donors (Lipinski definition) is 0. The first-order valence-electron chi connectivity index (χ1n) is 9.11. The fourth-order valence-electron chi connectivity index (χ4n) is 4.68. The summed E-state index contributed by atoms with van der Waals surface area (Å²) in [4.78, 5) is 23.9. The summed E-state index contributed by atoms with van der Waals surface area (Å²) in [5.74, 6) is 2.04. The molecule has 0 aromatic carbocycles. The monoisotopic (exact) mass is 324 g/mol. The van der Waals surface area contributed by atoms with Gasteiger partial charge in [0.05, 0.1) is 26.1 Å². The van der Waals surface area contributed by atoms with Crippen molar-refractivity contribution in [2.45, 2.75) is 58.8 Å². The number of carbonyl (C=O) groups is 2. The molecule has 2 fully saturated rings. The van der Waals surface area contributed by atoms with E-state index in [-0.39, 0.29) is 23.8 Å². The highest BCUT2D eigenvalue weighted by Gasteiger charge is 2.37. The summed E-state index contributed by atoms with van der Waals surface area (Å²) < 4.78 is 9.95. The molecular formula is C19H32O4. The number of methoxy groups -OCH3 is 2. The Kier molecular flexibility index (Phi) is 6.49. The Morgan fingerprint density at radius 2 is 1.17 bits per heavy atom. The molecule has 2 saturated carbocycles. The van der Waals surface area contributed by atoms with Gasteiger partial charge in [-0.3, -0.25) is 9.59 Å². The van der Waals surface area contributed by atoms with Crippen LogP contribution < -0.4 is 0 Å². The lowest BCUT2D eigenvalue weighted by atomic mass is 9.68. The van der Waals surface area contributed by atoms with Gasteiger partial charge in [-0.15, -0.1) is 0 Å². The number of hydrogen-bond acceptors (Lipinski definition) is 4. The summed E-state index contributed by atoms with van der Waals surface area (Å²) in [6, 6.07) is 0. The van der Waals surface area contributed by atoms with Crippen LogP contribution in [0.5, 0.6) is 0 Å². The smallest absolute Gasteiger partial charge is 0.308 e. The van der Waals surface area contributed by atoms with E-state index in [0.717, 1.165) is 32.1 Å². The van der Waals surface area contributed by atoms with Gasteiger partial charge >= 0.3 is 11.9 Å². The minimum Gasteiger partial charge on any atom is -0.469 e. The molecule has 6 atom stereocenters. The molecule has 0 aliphatic heterocycles. The van der Waals surface area contributed by atoms with Crippen molar-refractivity contribution < 1.29 is 19.1 Å². The molecule has 0 N–H and O–H groups in total. The van der Waals surface area contributed by atoms with E-state index in [1.54, 1.807) is 0 Å². The van der Waals surface area contributed by atoms with Gasteiger partial charge in [0.2, 0.25) is 0 Å². The highest BCUT2D eigenvalue weighted by Crippen LogP contribution is 2.42. The Morgan fingerprint density at radius 1 is 0.783 bits per heavy atom. The zero-order valence-electron chi connectivity index (χ0n) is 15.0. The molecule has 0 amide bonds. The van der Waals surface area contributed by atoms with E-state index in [0.29, 0.717) is 23.7 Å². The topological polar surface area (TPSA) is 52.6 Å². The lowest BCUT2D eigenvalue weighted by Gasteiger charge is -2.37. The van der Waals surface area contributed by atoms with Crippen LogP contribution in [0.25, 0.3) is 0 Å². The third-order valence-electron chi connectivity index (χ3n) is 6.28. The third-order valence-corrected chi connectivity index (χ3v) is 6.28. The standard InChI is InChI=1S/C19H32O4/c1-12-5-7-14(10-16(12)18(20)22-3)9-15-8-6-13(2)17(11-15)19(21)23-4/h12-17H,5-11H2,1-4H3. The van der Waals surface area contributed by atoms with Crippen LogP contribution in [0.3, 0.4) is 0 Å². The van der Waals surface area contributed by atoms with E-state index in [1.165, 1.54) is 27.1 Å². The first-order valence-corrected chi connectivity index (χ1v) is 9.11. The largest absolute Gasteiger partial charge is 0.469 e. The quantitative estimate of drug-likeness (QED) is 0.738. The van der Waals surface area contributed by atoms with Crippen LogP contribution in [0.2, 0.25) is 0 Å². The van der Waals surface area contributed by atoms with Crippen LogP contribution in [0.4, 0.5) is 0 Å². The Bertz CT molecular complexity index is 382. The van der Waals surface area contributed by atoms with Gasteiger partial charge in [0.25, 0.3) is 0 Å². The van der Waals surface area contributed by atoms with Crippen LogP contribution in [0.1, 0.15) is 58.8 Å². The average Bonchev–Trinajstić information content (AvgIpc) is 2.56. The Labute approximate surface area is 140 Å². The first kappa shape index (κ1) is 18.3. The SMILES string of the molecule is COC(=O)C1CC(CC2CCC(C)C(C(=O)OC)C2)CCC1C. The fraction of sp³-hybridized carbons (Fsp3) is 0.895. The molecular weight excluding hydrogens is 292 g/mol. The number of ether oxygens (including phenoxy) is 2. The first-order chi connectivity index (χ1) is 11.0. The fourth-order valence-corrected chi connectivity index (χ4v) is 4.68. The van der Waals surface area contributed by atoms with Gasteiger partial charge in [0.1, 0.15) is 0 Å². The van der Waals surface area contributed by atoms with Gasteiger partial charge in [0.15, 0.2) is 0 Å². The molecule has 0 radical (unpaired) electrons. The molecule has 0 spiro atoms. The van der Waals surface area contributed by atoms with E-state index >= 15 is 0 Å². The number of esters is 2. The van der Waals surface area contributed by atoms with Crippen molar-refractivity contribution >= 4 is 11.9 Å². The van der Waals surface area contributed by atoms with Crippen molar-refractivity contribution in [1.29, 1.82) is 0 Å². The molecule has 23 heavy (non-hydrogen) atoms. The zero-order valence-corrected chi connectivity index (χ0v) is 15.0. The third kappa shape index (κ3) is 4.48. The molecule has 0 saturated heterocycles. The Morgan fingerprint density at radius 3 is 1.52 bits per heavy atom. The second-order valence-electron chi connectivity index (χ2n) is 7.81. The molecule has 0 heterocycles. The average molecular weight is 324 g/mol. The van der Waals surface area contributed by atoms with E-state index in [2.05, 4.69) is 13.8 Å². The van der Waals surface area contributed by atoms with Crippen LogP contribution >= 0.6 is 0 Å². The van der Waals surface area contributed by atoms with Crippen LogP contribution in [0, 0.1) is 35.5 Å². The molecule has 6 unspecified atom stereocenters. The molecule has 2 aliphatic carbocycles. The number of carbonyl (C=O) groups excluding carboxylic acids is 2. The molecule has 2 rings (SSSR count). The van der Waals surface area contributed by atoms with Crippen LogP contribution in [0.15, 0.2) is 0 Å². The lowest BCUT2D eigenvalue weighted by molar-refractivity contribution is -0.149. The second-order valence-corrected chi connectivity index (χ2v) is 7.81. The van der Waals surface area contributed by atoms with Crippen molar-refractivity contribution in [2.75, 3.05) is 14.2 Å². The van der Waals surface area contributed by atoms with Crippen molar-refractivity contribution in [3.05, 3.63) is 0 Å². The van der Waals surface area contributed by atoms with Crippen LogP contribution in [-0.2, 0) is 19.1 Å². The minimum absolute atomic E-state index is 0.0492. The maximum absolute atomic E-state index is 12.0.